The lowest BCUT2D eigenvalue weighted by molar-refractivity contribution is -0.216. The first-order valence-corrected chi connectivity index (χ1v) is 10.0. The molecule has 142 valence electrons. The number of carboxylic acid groups (broad SMARTS) is 1. The molecule has 1 fully saturated rings. The molecule has 0 saturated carbocycles. The largest absolute Gasteiger partial charge is 0.481 e. The van der Waals surface area contributed by atoms with Gasteiger partial charge in [-0.2, -0.15) is 0 Å². The zero-order chi connectivity index (χ0) is 17.8. The number of unbranched alkanes of at least 4 members (excludes halogenated alkanes) is 7. The van der Waals surface area contributed by atoms with E-state index in [4.69, 9.17) is 9.47 Å². The number of rotatable bonds is 13. The molecule has 4 heteroatoms. The van der Waals surface area contributed by atoms with E-state index in [1.807, 2.05) is 0 Å². The van der Waals surface area contributed by atoms with Gasteiger partial charge in [-0.05, 0) is 12.3 Å². The highest BCUT2D eigenvalue weighted by molar-refractivity contribution is 5.70. The number of aliphatic carboxylic acids is 1. The second-order valence-electron chi connectivity index (χ2n) is 7.69. The molecule has 1 aliphatic rings. The standard InChI is InChI=1S/C20H38O4/c1-4-5-6-7-8-9-10-11-12-18(20(21)22)17-14-23-19(24-15-17)13-16(2)3/h16-19H,4-15H2,1-3H3,(H,21,22). The zero-order valence-electron chi connectivity index (χ0n) is 16.0. The molecule has 0 aromatic carbocycles. The van der Waals surface area contributed by atoms with E-state index in [1.54, 1.807) is 0 Å². The molecule has 0 amide bonds. The van der Waals surface area contributed by atoms with Crippen LogP contribution in [0, 0.1) is 17.8 Å². The second-order valence-corrected chi connectivity index (χ2v) is 7.69. The summed E-state index contributed by atoms with van der Waals surface area (Å²) in [5.74, 6) is -0.503. The summed E-state index contributed by atoms with van der Waals surface area (Å²) < 4.78 is 11.5. The van der Waals surface area contributed by atoms with Gasteiger partial charge in [0.1, 0.15) is 0 Å². The van der Waals surface area contributed by atoms with Crippen LogP contribution in [0.25, 0.3) is 0 Å². The summed E-state index contributed by atoms with van der Waals surface area (Å²) in [5, 5.41) is 9.53. The van der Waals surface area contributed by atoms with E-state index in [0.29, 0.717) is 19.1 Å². The Morgan fingerprint density at radius 2 is 1.54 bits per heavy atom. The lowest BCUT2D eigenvalue weighted by Crippen LogP contribution is -2.39. The molecule has 1 atom stereocenters. The van der Waals surface area contributed by atoms with Gasteiger partial charge in [-0.3, -0.25) is 4.79 Å². The number of ether oxygens (including phenoxy) is 2. The fourth-order valence-corrected chi connectivity index (χ4v) is 3.37. The molecule has 1 aliphatic heterocycles. The first kappa shape index (κ1) is 21.4. The molecule has 1 unspecified atom stereocenters. The van der Waals surface area contributed by atoms with Crippen LogP contribution in [0.4, 0.5) is 0 Å². The van der Waals surface area contributed by atoms with Crippen LogP contribution in [-0.4, -0.2) is 30.6 Å². The van der Waals surface area contributed by atoms with Crippen LogP contribution in [0.15, 0.2) is 0 Å². The van der Waals surface area contributed by atoms with Crippen molar-refractivity contribution in [3.8, 4) is 0 Å². The maximum absolute atomic E-state index is 11.6. The van der Waals surface area contributed by atoms with Crippen molar-refractivity contribution in [3.05, 3.63) is 0 Å². The number of hydrogen-bond donors (Lipinski definition) is 1. The van der Waals surface area contributed by atoms with E-state index in [9.17, 15) is 9.90 Å². The molecule has 0 aliphatic carbocycles. The molecule has 0 radical (unpaired) electrons. The van der Waals surface area contributed by atoms with Crippen molar-refractivity contribution >= 4 is 5.97 Å². The van der Waals surface area contributed by atoms with Crippen molar-refractivity contribution in [1.29, 1.82) is 0 Å². The average Bonchev–Trinajstić information content (AvgIpc) is 2.54. The molecule has 0 spiro atoms. The lowest BCUT2D eigenvalue weighted by Gasteiger charge is -2.33. The van der Waals surface area contributed by atoms with Crippen LogP contribution in [0.2, 0.25) is 0 Å². The van der Waals surface area contributed by atoms with Crippen molar-refractivity contribution in [2.45, 2.75) is 91.3 Å². The smallest absolute Gasteiger partial charge is 0.306 e. The maximum Gasteiger partial charge on any atom is 0.306 e. The molecule has 4 nitrogen and oxygen atoms in total. The van der Waals surface area contributed by atoms with E-state index in [0.717, 1.165) is 25.7 Å². The van der Waals surface area contributed by atoms with Crippen molar-refractivity contribution in [2.75, 3.05) is 13.2 Å². The van der Waals surface area contributed by atoms with Crippen molar-refractivity contribution in [1.82, 2.24) is 0 Å². The monoisotopic (exact) mass is 342 g/mol. The summed E-state index contributed by atoms with van der Waals surface area (Å²) in [7, 11) is 0. The Labute approximate surface area is 148 Å². The van der Waals surface area contributed by atoms with Gasteiger partial charge in [-0.1, -0.05) is 72.1 Å². The summed E-state index contributed by atoms with van der Waals surface area (Å²) >= 11 is 0. The summed E-state index contributed by atoms with van der Waals surface area (Å²) in [5.41, 5.74) is 0. The van der Waals surface area contributed by atoms with Gasteiger partial charge in [-0.25, -0.2) is 0 Å². The Morgan fingerprint density at radius 1 is 1.00 bits per heavy atom. The summed E-state index contributed by atoms with van der Waals surface area (Å²) in [4.78, 5) is 11.6. The highest BCUT2D eigenvalue weighted by Crippen LogP contribution is 2.26. The average molecular weight is 343 g/mol. The molecule has 1 saturated heterocycles. The van der Waals surface area contributed by atoms with Gasteiger partial charge in [0.25, 0.3) is 0 Å². The molecular weight excluding hydrogens is 304 g/mol. The molecule has 0 aromatic heterocycles. The van der Waals surface area contributed by atoms with Crippen LogP contribution in [0.3, 0.4) is 0 Å². The van der Waals surface area contributed by atoms with E-state index in [-0.39, 0.29) is 18.1 Å². The Morgan fingerprint density at radius 3 is 2.04 bits per heavy atom. The highest BCUT2D eigenvalue weighted by atomic mass is 16.7. The topological polar surface area (TPSA) is 55.8 Å². The quantitative estimate of drug-likeness (QED) is 0.464. The highest BCUT2D eigenvalue weighted by Gasteiger charge is 2.32. The third-order valence-electron chi connectivity index (χ3n) is 4.91. The summed E-state index contributed by atoms with van der Waals surface area (Å²) in [6, 6.07) is 0. The van der Waals surface area contributed by atoms with Gasteiger partial charge in [0.15, 0.2) is 6.29 Å². The first-order valence-electron chi connectivity index (χ1n) is 10.0. The predicted molar refractivity (Wildman–Crippen MR) is 97.0 cm³/mol. The Balaban J connectivity index is 2.19. The molecule has 0 aromatic rings. The van der Waals surface area contributed by atoms with E-state index in [1.165, 1.54) is 38.5 Å². The fourth-order valence-electron chi connectivity index (χ4n) is 3.37. The SMILES string of the molecule is CCCCCCCCCCC(C(=O)O)C1COC(CC(C)C)OC1. The van der Waals surface area contributed by atoms with Crippen molar-refractivity contribution < 1.29 is 19.4 Å². The molecule has 1 heterocycles. The maximum atomic E-state index is 11.6. The number of carbonyl (C=O) groups is 1. The van der Waals surface area contributed by atoms with Gasteiger partial charge >= 0.3 is 5.97 Å². The zero-order valence-corrected chi connectivity index (χ0v) is 16.0. The van der Waals surface area contributed by atoms with E-state index in [2.05, 4.69) is 20.8 Å². The third kappa shape index (κ3) is 9.03. The van der Waals surface area contributed by atoms with Gasteiger partial charge in [0.05, 0.1) is 19.1 Å². The van der Waals surface area contributed by atoms with Crippen LogP contribution >= 0.6 is 0 Å². The van der Waals surface area contributed by atoms with Crippen molar-refractivity contribution in [3.63, 3.8) is 0 Å². The third-order valence-corrected chi connectivity index (χ3v) is 4.91. The Hall–Kier alpha value is -0.610. The molecular formula is C20H38O4. The van der Waals surface area contributed by atoms with Crippen molar-refractivity contribution in [2.24, 2.45) is 17.8 Å². The van der Waals surface area contributed by atoms with Crippen LogP contribution in [-0.2, 0) is 14.3 Å². The minimum atomic E-state index is -0.697. The Bertz CT molecular complexity index is 322. The van der Waals surface area contributed by atoms with Gasteiger partial charge in [0.2, 0.25) is 0 Å². The molecule has 0 bridgehead atoms. The summed E-state index contributed by atoms with van der Waals surface area (Å²) in [6.07, 6.45) is 11.4. The van der Waals surface area contributed by atoms with Crippen LogP contribution in [0.1, 0.15) is 85.0 Å². The van der Waals surface area contributed by atoms with Gasteiger partial charge in [-0.15, -0.1) is 0 Å². The number of hydrogen-bond acceptors (Lipinski definition) is 3. The lowest BCUT2D eigenvalue weighted by atomic mass is 9.88. The fraction of sp³-hybridized carbons (Fsp3) is 0.950. The molecule has 24 heavy (non-hydrogen) atoms. The van der Waals surface area contributed by atoms with E-state index < -0.39 is 5.97 Å². The minimum absolute atomic E-state index is 0.00420. The van der Waals surface area contributed by atoms with Gasteiger partial charge in [0, 0.05) is 12.3 Å². The minimum Gasteiger partial charge on any atom is -0.481 e. The van der Waals surface area contributed by atoms with Crippen LogP contribution in [0.5, 0.6) is 0 Å². The normalized spacial score (nSPS) is 22.7. The second kappa shape index (κ2) is 12.7. The molecule has 1 N–H and O–H groups in total. The summed E-state index contributed by atoms with van der Waals surface area (Å²) in [6.45, 7) is 7.55. The van der Waals surface area contributed by atoms with Gasteiger partial charge < -0.3 is 14.6 Å². The molecule has 1 rings (SSSR count). The predicted octanol–water partition coefficient (Wildman–Crippen LogP) is 5.25. The number of carboxylic acids is 1. The first-order chi connectivity index (χ1) is 11.5. The Kier molecular flexibility index (Phi) is 11.4. The van der Waals surface area contributed by atoms with E-state index >= 15 is 0 Å². The van der Waals surface area contributed by atoms with Crippen LogP contribution < -0.4 is 0 Å².